The molecule has 7 heteroatoms. The van der Waals surface area contributed by atoms with Gasteiger partial charge < -0.3 is 25.2 Å². The topological polar surface area (TPSA) is 118 Å². The van der Waals surface area contributed by atoms with Gasteiger partial charge in [-0.2, -0.15) is 0 Å². The van der Waals surface area contributed by atoms with Gasteiger partial charge in [-0.25, -0.2) is 0 Å². The molecule has 5 atom stereocenters. The Morgan fingerprint density at radius 3 is 2.48 bits per heavy atom. The second-order valence-corrected chi connectivity index (χ2v) is 6.67. The Labute approximate surface area is 171 Å². The molecule has 25 heavy (non-hydrogen) atoms. The van der Waals surface area contributed by atoms with Crippen LogP contribution in [0.2, 0.25) is 0 Å². The van der Waals surface area contributed by atoms with E-state index >= 15 is 0 Å². The average Bonchev–Trinajstić information content (AvgIpc) is 2.77. The third kappa shape index (κ3) is 9.31. The number of aliphatic hydroxyl groups is 3. The van der Waals surface area contributed by atoms with Crippen molar-refractivity contribution < 1.29 is 59.6 Å². The van der Waals surface area contributed by atoms with Gasteiger partial charge in [-0.15, -0.1) is 0 Å². The molecule has 1 rings (SSSR count). The Kier molecular flexibility index (Phi) is 12.9. The molecule has 0 spiro atoms. The molecule has 3 N–H and O–H groups in total. The summed E-state index contributed by atoms with van der Waals surface area (Å²) in [6.45, 7) is 2.08. The van der Waals surface area contributed by atoms with Gasteiger partial charge in [-0.05, 0) is 12.8 Å². The van der Waals surface area contributed by atoms with Crippen molar-refractivity contribution in [2.24, 2.45) is 11.8 Å². The van der Waals surface area contributed by atoms with Crippen molar-refractivity contribution in [2.75, 3.05) is 0 Å². The van der Waals surface area contributed by atoms with Crippen LogP contribution in [-0.2, 0) is 9.59 Å². The molecule has 0 bridgehead atoms. The van der Waals surface area contributed by atoms with E-state index in [-0.39, 0.29) is 61.0 Å². The second kappa shape index (κ2) is 13.0. The fourth-order valence-corrected chi connectivity index (χ4v) is 3.23. The number of aliphatic carboxylic acids is 1. The van der Waals surface area contributed by atoms with Gasteiger partial charge >= 0.3 is 29.6 Å². The van der Waals surface area contributed by atoms with E-state index < -0.39 is 36.1 Å². The number of carboxylic acid groups (broad SMARTS) is 1. The van der Waals surface area contributed by atoms with Crippen LogP contribution in [-0.4, -0.2) is 45.4 Å². The minimum Gasteiger partial charge on any atom is -0.550 e. The Morgan fingerprint density at radius 2 is 1.88 bits per heavy atom. The van der Waals surface area contributed by atoms with E-state index in [0.717, 1.165) is 19.3 Å². The summed E-state index contributed by atoms with van der Waals surface area (Å²) in [6, 6.07) is 0. The van der Waals surface area contributed by atoms with E-state index in [4.69, 9.17) is 0 Å². The number of hydrogen-bond acceptors (Lipinski definition) is 6. The molecular formula is C18H29NaO6. The summed E-state index contributed by atoms with van der Waals surface area (Å²) in [5, 5.41) is 40.5. The molecule has 6 nitrogen and oxygen atoms in total. The minimum absolute atomic E-state index is 0. The van der Waals surface area contributed by atoms with Gasteiger partial charge in [-0.3, -0.25) is 4.79 Å². The SMILES string of the molecule is CCCCC[C@H](O)/C=C/[C@@H]1[C@@H](CC(=O)CCC(=O)[O-])[C@@H](O)C[C@H]1O.[Na+]. The van der Waals surface area contributed by atoms with Crippen molar-refractivity contribution in [1.82, 2.24) is 0 Å². The largest absolute Gasteiger partial charge is 1.00 e. The molecule has 0 radical (unpaired) electrons. The number of rotatable bonds is 11. The van der Waals surface area contributed by atoms with Crippen LogP contribution in [0.5, 0.6) is 0 Å². The molecule has 0 amide bonds. The van der Waals surface area contributed by atoms with Gasteiger partial charge in [-0.1, -0.05) is 38.3 Å². The molecule has 0 saturated heterocycles. The van der Waals surface area contributed by atoms with Crippen molar-refractivity contribution in [1.29, 1.82) is 0 Å². The standard InChI is InChI=1S/C18H30O6.Na/c1-2-3-4-5-12(19)6-8-14-15(17(22)11-16(14)21)10-13(20)7-9-18(23)24;/h6,8,12,14-17,19,21-22H,2-5,7,9-11H2,1H3,(H,23,24);/q;+1/p-1/b8-6+;/t12-,14+,15+,16+,17-;/m0./s1. The molecule has 0 aliphatic heterocycles. The van der Waals surface area contributed by atoms with Crippen molar-refractivity contribution in [3.63, 3.8) is 0 Å². The van der Waals surface area contributed by atoms with Gasteiger partial charge in [0.1, 0.15) is 5.78 Å². The number of hydrogen-bond donors (Lipinski definition) is 3. The maximum atomic E-state index is 11.9. The quantitative estimate of drug-likeness (QED) is 0.209. The number of ketones is 1. The van der Waals surface area contributed by atoms with E-state index in [9.17, 15) is 30.0 Å². The van der Waals surface area contributed by atoms with Crippen LogP contribution in [0.3, 0.4) is 0 Å². The van der Waals surface area contributed by atoms with E-state index in [1.807, 2.05) is 0 Å². The molecule has 0 unspecified atom stereocenters. The fraction of sp³-hybridized carbons (Fsp3) is 0.778. The van der Waals surface area contributed by atoms with Crippen molar-refractivity contribution in [2.45, 2.75) is 76.6 Å². The molecule has 1 saturated carbocycles. The summed E-state index contributed by atoms with van der Waals surface area (Å²) < 4.78 is 0. The zero-order chi connectivity index (χ0) is 18.1. The first-order valence-corrected chi connectivity index (χ1v) is 8.79. The van der Waals surface area contributed by atoms with Gasteiger partial charge in [0.2, 0.25) is 0 Å². The number of Topliss-reactive ketones (excluding diaryl/α,β-unsaturated/α-hetero) is 1. The van der Waals surface area contributed by atoms with Crippen LogP contribution in [0, 0.1) is 11.8 Å². The molecule has 0 aromatic carbocycles. The first-order chi connectivity index (χ1) is 11.3. The van der Waals surface area contributed by atoms with Gasteiger partial charge in [0.15, 0.2) is 0 Å². The zero-order valence-corrected chi connectivity index (χ0v) is 17.3. The molecule has 138 valence electrons. The van der Waals surface area contributed by atoms with Gasteiger partial charge in [0.25, 0.3) is 0 Å². The van der Waals surface area contributed by atoms with Crippen molar-refractivity contribution in [3.8, 4) is 0 Å². The monoisotopic (exact) mass is 364 g/mol. The second-order valence-electron chi connectivity index (χ2n) is 6.67. The first-order valence-electron chi connectivity index (χ1n) is 8.79. The van der Waals surface area contributed by atoms with E-state index in [2.05, 4.69) is 6.92 Å². The van der Waals surface area contributed by atoms with Crippen LogP contribution < -0.4 is 34.7 Å². The van der Waals surface area contributed by atoms with E-state index in [0.29, 0.717) is 6.42 Å². The number of carboxylic acids is 1. The van der Waals surface area contributed by atoms with Crippen LogP contribution >= 0.6 is 0 Å². The molecule has 1 aliphatic rings. The average molecular weight is 364 g/mol. The summed E-state index contributed by atoms with van der Waals surface area (Å²) in [7, 11) is 0. The van der Waals surface area contributed by atoms with E-state index in [1.54, 1.807) is 12.2 Å². The Balaban J connectivity index is 0.00000576. The third-order valence-electron chi connectivity index (χ3n) is 4.65. The zero-order valence-electron chi connectivity index (χ0n) is 15.3. The number of carbonyl (C=O) groups is 2. The summed E-state index contributed by atoms with van der Waals surface area (Å²) >= 11 is 0. The van der Waals surface area contributed by atoms with Crippen LogP contribution in [0.15, 0.2) is 12.2 Å². The number of carbonyl (C=O) groups excluding carboxylic acids is 2. The third-order valence-corrected chi connectivity index (χ3v) is 4.65. The summed E-state index contributed by atoms with van der Waals surface area (Å²) in [4.78, 5) is 22.3. The van der Waals surface area contributed by atoms with Gasteiger partial charge in [0, 0.05) is 37.1 Å². The van der Waals surface area contributed by atoms with Gasteiger partial charge in [0.05, 0.1) is 18.3 Å². The Bertz CT molecular complexity index is 439. The van der Waals surface area contributed by atoms with E-state index in [1.165, 1.54) is 0 Å². The van der Waals surface area contributed by atoms with Crippen LogP contribution in [0.25, 0.3) is 0 Å². The maximum absolute atomic E-state index is 11.9. The molecule has 0 aromatic rings. The number of aliphatic hydroxyl groups excluding tert-OH is 3. The van der Waals surface area contributed by atoms with Crippen molar-refractivity contribution >= 4 is 11.8 Å². The Hall–Kier alpha value is -0.240. The fourth-order valence-electron chi connectivity index (χ4n) is 3.23. The smallest absolute Gasteiger partial charge is 0.550 e. The molecule has 0 aromatic heterocycles. The maximum Gasteiger partial charge on any atom is 1.00 e. The predicted molar refractivity (Wildman–Crippen MR) is 86.8 cm³/mol. The number of unbranched alkanes of at least 4 members (excludes halogenated alkanes) is 2. The van der Waals surface area contributed by atoms with Crippen LogP contribution in [0.1, 0.15) is 58.3 Å². The Morgan fingerprint density at radius 1 is 1.20 bits per heavy atom. The first kappa shape index (κ1) is 24.8. The minimum atomic E-state index is -1.28. The summed E-state index contributed by atoms with van der Waals surface area (Å²) in [6.07, 6.45) is 4.56. The molecule has 0 heterocycles. The van der Waals surface area contributed by atoms with Crippen molar-refractivity contribution in [3.05, 3.63) is 12.2 Å². The molecule has 1 fully saturated rings. The molecular weight excluding hydrogens is 335 g/mol. The summed E-state index contributed by atoms with van der Waals surface area (Å²) in [5.74, 6) is -2.40. The summed E-state index contributed by atoms with van der Waals surface area (Å²) in [5.41, 5.74) is 0. The molecule has 1 aliphatic carbocycles. The predicted octanol–water partition coefficient (Wildman–Crippen LogP) is -2.66. The van der Waals surface area contributed by atoms with Crippen LogP contribution in [0.4, 0.5) is 0 Å². The normalized spacial score (nSPS) is 27.2.